The Bertz CT molecular complexity index is 2080. The highest BCUT2D eigenvalue weighted by atomic mass is 16.5. The van der Waals surface area contributed by atoms with Crippen molar-refractivity contribution in [3.63, 3.8) is 0 Å². The SMILES string of the molecule is CCc1c(C)c2cc3[nH]c(cc4nc(c(CC(=O)O)c5nc(cc1[nH]2)C(C)=C5C(=O)OC)[C@@H](CCC(=O)O)[C@@H]4C)c(C)c3C(C)CC(C)=O. The minimum atomic E-state index is -1.14. The molecule has 11 nitrogen and oxygen atoms in total. The number of carbonyl (C=O) groups is 4. The number of nitrogens with one attached hydrogen (secondary N) is 2. The standard InChI is InChI=1S/C38H44N4O7/c1-9-23-19(4)26-16-31-34(17(2)12-18(3)43)21(6)28(40-31)14-27-20(5)24(10-11-32(44)45)36(41-27)25(13-33(46)47)37-35(38(48)49-8)22(7)29(42-37)15-30(23)39-26/h14-17,20,24,39-40H,9-13H2,1-8H3,(H,44,45)(H,46,47)/t17?,20-,24-/m0/s1. The highest BCUT2D eigenvalue weighted by molar-refractivity contribution is 6.25. The lowest BCUT2D eigenvalue weighted by Crippen LogP contribution is -2.13. The molecule has 8 bridgehead atoms. The van der Waals surface area contributed by atoms with Gasteiger partial charge < -0.3 is 29.7 Å². The number of hydrogen-bond donors (Lipinski definition) is 4. The van der Waals surface area contributed by atoms with Gasteiger partial charge in [-0.05, 0) is 92.5 Å². The van der Waals surface area contributed by atoms with Gasteiger partial charge in [0.2, 0.25) is 0 Å². The number of Topliss-reactive ketones (excluding diaryl/α,β-unsaturated/α-hetero) is 1. The maximum atomic E-state index is 13.3. The van der Waals surface area contributed by atoms with E-state index >= 15 is 0 Å². The van der Waals surface area contributed by atoms with Crippen molar-refractivity contribution in [2.45, 2.75) is 98.3 Å². The fourth-order valence-electron chi connectivity index (χ4n) is 7.52. The molecule has 0 fully saturated rings. The van der Waals surface area contributed by atoms with Gasteiger partial charge in [0, 0.05) is 58.0 Å². The molecule has 5 rings (SSSR count). The van der Waals surface area contributed by atoms with Crippen molar-refractivity contribution < 1.29 is 34.1 Å². The van der Waals surface area contributed by atoms with Crippen molar-refractivity contribution in [1.82, 2.24) is 19.9 Å². The van der Waals surface area contributed by atoms with Gasteiger partial charge in [-0.1, -0.05) is 20.8 Å². The van der Waals surface area contributed by atoms with Crippen LogP contribution in [0, 0.1) is 13.8 Å². The third kappa shape index (κ3) is 6.66. The number of ether oxygens (including phenoxy) is 1. The number of aromatic amines is 2. The third-order valence-corrected chi connectivity index (χ3v) is 10.0. The molecule has 0 aliphatic carbocycles. The molecule has 0 aromatic carbocycles. The van der Waals surface area contributed by atoms with Gasteiger partial charge in [0.1, 0.15) is 5.78 Å². The van der Waals surface area contributed by atoms with Crippen LogP contribution >= 0.6 is 0 Å². The number of rotatable bonds is 10. The van der Waals surface area contributed by atoms with E-state index in [0.717, 1.165) is 44.3 Å². The van der Waals surface area contributed by atoms with E-state index in [4.69, 9.17) is 14.7 Å². The smallest absolute Gasteiger partial charge is 0.340 e. The van der Waals surface area contributed by atoms with Crippen LogP contribution in [0.2, 0.25) is 0 Å². The van der Waals surface area contributed by atoms with E-state index in [-0.39, 0.29) is 47.3 Å². The summed E-state index contributed by atoms with van der Waals surface area (Å²) in [7, 11) is 1.27. The Morgan fingerprint density at radius 2 is 1.59 bits per heavy atom. The number of esters is 1. The van der Waals surface area contributed by atoms with E-state index in [1.165, 1.54) is 7.11 Å². The minimum Gasteiger partial charge on any atom is -0.481 e. The molecule has 0 radical (unpaired) electrons. The number of aliphatic carboxylic acids is 2. The number of nitrogens with zero attached hydrogens (tertiary/aromatic N) is 2. The summed E-state index contributed by atoms with van der Waals surface area (Å²) in [5.74, 6) is -3.51. The summed E-state index contributed by atoms with van der Waals surface area (Å²) in [4.78, 5) is 66.9. The summed E-state index contributed by atoms with van der Waals surface area (Å²) in [5.41, 5.74) is 10.0. The number of aromatic nitrogens is 4. The fourth-order valence-corrected chi connectivity index (χ4v) is 7.52. The number of methoxy groups -OCH3 is 1. The van der Waals surface area contributed by atoms with Crippen molar-refractivity contribution in [3.8, 4) is 0 Å². The van der Waals surface area contributed by atoms with Gasteiger partial charge in [0.25, 0.3) is 0 Å². The van der Waals surface area contributed by atoms with Crippen LogP contribution in [0.25, 0.3) is 33.2 Å². The van der Waals surface area contributed by atoms with Crippen LogP contribution in [0.3, 0.4) is 0 Å². The monoisotopic (exact) mass is 668 g/mol. The molecule has 5 heterocycles. The Kier molecular flexibility index (Phi) is 9.94. The van der Waals surface area contributed by atoms with E-state index in [2.05, 4.69) is 23.0 Å². The van der Waals surface area contributed by atoms with Gasteiger partial charge in [-0.15, -0.1) is 0 Å². The number of ketones is 1. The molecule has 3 atom stereocenters. The Labute approximate surface area is 284 Å². The van der Waals surface area contributed by atoms with Crippen LogP contribution < -0.4 is 0 Å². The van der Waals surface area contributed by atoms with Crippen LogP contribution in [0.15, 0.2) is 18.2 Å². The number of fused-ring (bicyclic) bond motifs is 8. The Hall–Kier alpha value is -5.06. The molecule has 0 amide bonds. The lowest BCUT2D eigenvalue weighted by molar-refractivity contribution is -0.138. The maximum absolute atomic E-state index is 13.3. The van der Waals surface area contributed by atoms with E-state index in [1.54, 1.807) is 13.8 Å². The first-order valence-electron chi connectivity index (χ1n) is 16.6. The minimum absolute atomic E-state index is 0.0777. The molecule has 2 aliphatic rings. The molecular weight excluding hydrogens is 624 g/mol. The van der Waals surface area contributed by atoms with Gasteiger partial charge in [0.05, 0.1) is 36.2 Å². The maximum Gasteiger partial charge on any atom is 0.340 e. The van der Waals surface area contributed by atoms with Crippen molar-refractivity contribution in [3.05, 3.63) is 68.8 Å². The first-order valence-corrected chi connectivity index (χ1v) is 16.6. The number of H-pyrrole nitrogens is 2. The zero-order valence-corrected chi connectivity index (χ0v) is 29.3. The lowest BCUT2D eigenvalue weighted by Gasteiger charge is -2.17. The predicted octanol–water partition coefficient (Wildman–Crippen LogP) is 7.06. The van der Waals surface area contributed by atoms with Gasteiger partial charge in [0.15, 0.2) is 0 Å². The molecule has 49 heavy (non-hydrogen) atoms. The zero-order valence-electron chi connectivity index (χ0n) is 29.3. The van der Waals surface area contributed by atoms with Crippen LogP contribution in [0.4, 0.5) is 0 Å². The second-order valence-corrected chi connectivity index (χ2v) is 13.3. The molecule has 258 valence electrons. The topological polar surface area (TPSA) is 175 Å². The Morgan fingerprint density at radius 1 is 0.918 bits per heavy atom. The normalized spacial score (nSPS) is 16.5. The van der Waals surface area contributed by atoms with Gasteiger partial charge >= 0.3 is 17.9 Å². The van der Waals surface area contributed by atoms with Crippen molar-refractivity contribution in [2.24, 2.45) is 0 Å². The molecule has 1 unspecified atom stereocenters. The molecule has 3 aromatic rings. The van der Waals surface area contributed by atoms with Crippen molar-refractivity contribution in [1.29, 1.82) is 0 Å². The molecule has 4 N–H and O–H groups in total. The second-order valence-electron chi connectivity index (χ2n) is 13.3. The fraction of sp³-hybridized carbons (Fsp3) is 0.421. The number of carbonyl (C=O) groups excluding carboxylic acids is 2. The summed E-state index contributed by atoms with van der Waals surface area (Å²) < 4.78 is 5.18. The molecule has 0 saturated carbocycles. The number of carboxylic acids is 2. The molecule has 0 saturated heterocycles. The summed E-state index contributed by atoms with van der Waals surface area (Å²) in [6.45, 7) is 13.5. The van der Waals surface area contributed by atoms with Crippen LogP contribution in [0.1, 0.15) is 122 Å². The zero-order chi connectivity index (χ0) is 35.9. The first-order chi connectivity index (χ1) is 23.2. The molecular formula is C38H44N4O7. The predicted molar refractivity (Wildman–Crippen MR) is 187 cm³/mol. The molecule has 0 spiro atoms. The van der Waals surface area contributed by atoms with E-state index in [9.17, 15) is 29.4 Å². The summed E-state index contributed by atoms with van der Waals surface area (Å²) in [6, 6.07) is 5.87. The number of hydrogen-bond acceptors (Lipinski definition) is 7. The van der Waals surface area contributed by atoms with Crippen molar-refractivity contribution in [2.75, 3.05) is 7.11 Å². The molecule has 3 aromatic heterocycles. The number of carboxylic acid groups (broad SMARTS) is 2. The Balaban J connectivity index is 2.03. The summed E-state index contributed by atoms with van der Waals surface area (Å²) in [6.07, 6.45) is 0.648. The van der Waals surface area contributed by atoms with Crippen molar-refractivity contribution >= 4 is 56.9 Å². The van der Waals surface area contributed by atoms with Gasteiger partial charge in [-0.25, -0.2) is 9.78 Å². The summed E-state index contributed by atoms with van der Waals surface area (Å²) >= 11 is 0. The van der Waals surface area contributed by atoms with Gasteiger partial charge in [-0.3, -0.25) is 14.6 Å². The van der Waals surface area contributed by atoms with Crippen LogP contribution in [-0.4, -0.2) is 60.9 Å². The molecule has 2 aliphatic heterocycles. The van der Waals surface area contributed by atoms with Crippen LogP contribution in [0.5, 0.6) is 0 Å². The van der Waals surface area contributed by atoms with Crippen LogP contribution in [-0.2, 0) is 36.8 Å². The number of aryl methyl sites for hydroxylation is 3. The largest absolute Gasteiger partial charge is 0.481 e. The third-order valence-electron chi connectivity index (χ3n) is 10.0. The first kappa shape index (κ1) is 35.3. The Morgan fingerprint density at radius 3 is 2.20 bits per heavy atom. The molecule has 11 heteroatoms. The van der Waals surface area contributed by atoms with E-state index in [1.807, 2.05) is 39.8 Å². The average Bonchev–Trinajstić information content (AvgIpc) is 3.71. The summed E-state index contributed by atoms with van der Waals surface area (Å²) in [5, 5.41) is 19.8. The number of allylic oxidation sites excluding steroid dienone is 1. The van der Waals surface area contributed by atoms with Gasteiger partial charge in [-0.2, -0.15) is 0 Å². The van der Waals surface area contributed by atoms with E-state index in [0.29, 0.717) is 35.5 Å². The highest BCUT2D eigenvalue weighted by Gasteiger charge is 2.36. The average molecular weight is 669 g/mol. The lowest BCUT2D eigenvalue weighted by atomic mass is 9.84. The second kappa shape index (κ2) is 13.8. The van der Waals surface area contributed by atoms with E-state index < -0.39 is 30.2 Å². The highest BCUT2D eigenvalue weighted by Crippen LogP contribution is 2.44. The quantitative estimate of drug-likeness (QED) is 0.165.